The van der Waals surface area contributed by atoms with Gasteiger partial charge in [-0.25, -0.2) is 4.98 Å². The van der Waals surface area contributed by atoms with Gasteiger partial charge in [0.2, 0.25) is 17.7 Å². The zero-order valence-electron chi connectivity index (χ0n) is 32.7. The molecule has 55 heavy (non-hydrogen) atoms. The van der Waals surface area contributed by atoms with Crippen LogP contribution in [0.15, 0.2) is 66.7 Å². The first kappa shape index (κ1) is 41.3. The normalized spacial score (nSPS) is 20.3. The van der Waals surface area contributed by atoms with Crippen LogP contribution in [-0.4, -0.2) is 82.3 Å². The van der Waals surface area contributed by atoms with Crippen LogP contribution < -0.4 is 21.7 Å². The van der Waals surface area contributed by atoms with Crippen molar-refractivity contribution in [1.82, 2.24) is 25.8 Å². The summed E-state index contributed by atoms with van der Waals surface area (Å²) >= 11 is 0. The molecule has 2 aliphatic rings. The molecule has 2 aromatic carbocycles. The Morgan fingerprint density at radius 3 is 2.35 bits per heavy atom. The third kappa shape index (κ3) is 12.1. The lowest BCUT2D eigenvalue weighted by molar-refractivity contribution is -0.154. The Labute approximate surface area is 324 Å². The summed E-state index contributed by atoms with van der Waals surface area (Å²) < 4.78 is 6.29. The molecular formula is C43H58N6O6. The second-order valence-corrected chi connectivity index (χ2v) is 16.3. The average molecular weight is 755 g/mol. The number of hydrogen-bond acceptors (Lipinski definition) is 8. The topological polar surface area (TPSA) is 173 Å². The number of nitrogens with zero attached hydrogens (tertiary/aromatic N) is 2. The molecule has 0 spiro atoms. The third-order valence-corrected chi connectivity index (χ3v) is 10.7. The van der Waals surface area contributed by atoms with Crippen molar-refractivity contribution in [1.29, 1.82) is 0 Å². The molecule has 3 aromatic rings. The van der Waals surface area contributed by atoms with E-state index in [1.54, 1.807) is 18.2 Å². The van der Waals surface area contributed by atoms with Gasteiger partial charge in [0, 0.05) is 30.4 Å². The number of likely N-dealkylation sites (tertiary alicyclic amines) is 1. The van der Waals surface area contributed by atoms with Crippen molar-refractivity contribution in [2.45, 2.75) is 122 Å². The Bertz CT molecular complexity index is 1790. The highest BCUT2D eigenvalue weighted by molar-refractivity contribution is 5.99. The van der Waals surface area contributed by atoms with Gasteiger partial charge in [-0.3, -0.25) is 28.9 Å². The fourth-order valence-corrected chi connectivity index (χ4v) is 7.92. The van der Waals surface area contributed by atoms with Crippen LogP contribution >= 0.6 is 0 Å². The fraction of sp³-hybridized carbons (Fsp3) is 0.535. The van der Waals surface area contributed by atoms with Gasteiger partial charge < -0.3 is 26.4 Å². The monoisotopic (exact) mass is 754 g/mol. The van der Waals surface area contributed by atoms with Gasteiger partial charge in [0.15, 0.2) is 0 Å². The van der Waals surface area contributed by atoms with Crippen molar-refractivity contribution in [3.05, 3.63) is 78.0 Å². The van der Waals surface area contributed by atoms with Gasteiger partial charge in [-0.15, -0.1) is 0 Å². The zero-order chi connectivity index (χ0) is 39.5. The average Bonchev–Trinajstić information content (AvgIpc) is 3.15. The van der Waals surface area contributed by atoms with E-state index in [-0.39, 0.29) is 31.0 Å². The van der Waals surface area contributed by atoms with E-state index in [1.807, 2.05) is 76.2 Å². The number of para-hydroxylation sites is 1. The Morgan fingerprint density at radius 1 is 0.927 bits per heavy atom. The number of carbonyl (C=O) groups excluding carboxylic acids is 5. The Kier molecular flexibility index (Phi) is 14.4. The highest BCUT2D eigenvalue weighted by Crippen LogP contribution is 2.39. The molecule has 2 fully saturated rings. The first-order valence-corrected chi connectivity index (χ1v) is 19.8. The van der Waals surface area contributed by atoms with Gasteiger partial charge in [0.1, 0.15) is 17.8 Å². The van der Waals surface area contributed by atoms with Crippen LogP contribution in [0.4, 0.5) is 0 Å². The summed E-state index contributed by atoms with van der Waals surface area (Å²) in [7, 11) is 0. The molecule has 5 rings (SSSR count). The summed E-state index contributed by atoms with van der Waals surface area (Å²) in [5.41, 5.74) is 6.74. The number of nitrogens with one attached hydrogen (secondary N) is 3. The van der Waals surface area contributed by atoms with E-state index in [9.17, 15) is 24.0 Å². The van der Waals surface area contributed by atoms with Gasteiger partial charge in [-0.1, -0.05) is 87.2 Å². The molecular weight excluding hydrogens is 697 g/mol. The number of esters is 1. The number of amides is 4. The number of carbonyl (C=O) groups is 5. The number of pyridine rings is 1. The molecule has 2 heterocycles. The first-order valence-electron chi connectivity index (χ1n) is 19.8. The van der Waals surface area contributed by atoms with Gasteiger partial charge in [-0.2, -0.15) is 0 Å². The molecule has 0 radical (unpaired) electrons. The number of fused-ring (bicyclic) bond motifs is 2. The van der Waals surface area contributed by atoms with Gasteiger partial charge in [0.05, 0.1) is 24.0 Å². The number of rotatable bonds is 16. The molecule has 4 amide bonds. The van der Waals surface area contributed by atoms with E-state index >= 15 is 0 Å². The Hall–Kier alpha value is -4.84. The lowest BCUT2D eigenvalue weighted by Gasteiger charge is -2.47. The minimum absolute atomic E-state index is 0.0669. The Balaban J connectivity index is 1.46. The SMILES string of the molecule is CCCCC(=O)O[C@H](CN1C[C@H]2CCCC[C@H]2C[C@H]1C(=O)NC(C)(C)C)[C@H](Cc1ccccc1)NC(=O)[C@H](CC(N)=O)NC(=O)c1ccc2ccccc2n1. The maximum atomic E-state index is 14.3. The number of aromatic nitrogens is 1. The van der Waals surface area contributed by atoms with E-state index in [4.69, 9.17) is 10.5 Å². The largest absolute Gasteiger partial charge is 0.459 e. The molecule has 12 heteroatoms. The summed E-state index contributed by atoms with van der Waals surface area (Å²) in [5, 5.41) is 9.77. The van der Waals surface area contributed by atoms with Crippen LogP contribution in [0, 0.1) is 11.8 Å². The maximum absolute atomic E-state index is 14.3. The number of ether oxygens (including phenoxy) is 1. The van der Waals surface area contributed by atoms with Crippen molar-refractivity contribution >= 4 is 40.5 Å². The summed E-state index contributed by atoms with van der Waals surface area (Å²) in [6, 6.07) is 17.6. The van der Waals surface area contributed by atoms with Crippen LogP contribution in [0.1, 0.15) is 102 Å². The molecule has 12 nitrogen and oxygen atoms in total. The van der Waals surface area contributed by atoms with E-state index in [2.05, 4.69) is 25.8 Å². The van der Waals surface area contributed by atoms with Gasteiger partial charge in [0.25, 0.3) is 5.91 Å². The lowest BCUT2D eigenvalue weighted by Crippen LogP contribution is -2.61. The molecule has 5 N–H and O–H groups in total. The summed E-state index contributed by atoms with van der Waals surface area (Å²) in [6.45, 7) is 8.75. The Morgan fingerprint density at radius 2 is 1.64 bits per heavy atom. The van der Waals surface area contributed by atoms with Crippen LogP contribution in [0.25, 0.3) is 10.9 Å². The van der Waals surface area contributed by atoms with Crippen molar-refractivity contribution in [3.8, 4) is 0 Å². The van der Waals surface area contributed by atoms with Crippen LogP contribution in [0.3, 0.4) is 0 Å². The second-order valence-electron chi connectivity index (χ2n) is 16.3. The molecule has 1 saturated heterocycles. The molecule has 1 aromatic heterocycles. The van der Waals surface area contributed by atoms with Crippen LogP contribution in [-0.2, 0) is 30.3 Å². The van der Waals surface area contributed by atoms with Crippen molar-refractivity contribution in [3.63, 3.8) is 0 Å². The van der Waals surface area contributed by atoms with Gasteiger partial charge >= 0.3 is 5.97 Å². The summed E-state index contributed by atoms with van der Waals surface area (Å²) in [4.78, 5) is 74.0. The van der Waals surface area contributed by atoms with E-state index < -0.39 is 59.9 Å². The van der Waals surface area contributed by atoms with E-state index in [0.29, 0.717) is 36.7 Å². The molecule has 1 saturated carbocycles. The van der Waals surface area contributed by atoms with Crippen LogP contribution in [0.2, 0.25) is 0 Å². The lowest BCUT2D eigenvalue weighted by atomic mass is 9.72. The third-order valence-electron chi connectivity index (χ3n) is 10.7. The van der Waals surface area contributed by atoms with Gasteiger partial charge in [-0.05, 0) is 76.0 Å². The van der Waals surface area contributed by atoms with Crippen LogP contribution in [0.5, 0.6) is 0 Å². The minimum atomic E-state index is -1.34. The minimum Gasteiger partial charge on any atom is -0.459 e. The predicted octanol–water partition coefficient (Wildman–Crippen LogP) is 4.83. The highest BCUT2D eigenvalue weighted by Gasteiger charge is 2.43. The van der Waals surface area contributed by atoms with Crippen molar-refractivity contribution < 1.29 is 28.7 Å². The zero-order valence-corrected chi connectivity index (χ0v) is 32.7. The second kappa shape index (κ2) is 19.2. The first-order chi connectivity index (χ1) is 26.3. The fourth-order valence-electron chi connectivity index (χ4n) is 7.92. The predicted molar refractivity (Wildman–Crippen MR) is 212 cm³/mol. The number of piperidine rings is 1. The highest BCUT2D eigenvalue weighted by atomic mass is 16.5. The molecule has 296 valence electrons. The van der Waals surface area contributed by atoms with Crippen molar-refractivity contribution in [2.75, 3.05) is 13.1 Å². The number of nitrogens with two attached hydrogens (primary N) is 1. The number of primary amides is 1. The van der Waals surface area contributed by atoms with E-state index in [1.165, 1.54) is 0 Å². The smallest absolute Gasteiger partial charge is 0.306 e. The molecule has 1 aliphatic heterocycles. The number of hydrogen-bond donors (Lipinski definition) is 4. The molecule has 6 atom stereocenters. The van der Waals surface area contributed by atoms with Crippen molar-refractivity contribution in [2.24, 2.45) is 17.6 Å². The van der Waals surface area contributed by atoms with E-state index in [0.717, 1.165) is 43.1 Å². The standard InChI is InChI=1S/C43H58N6O6/c1-5-6-20-39(51)55-37(27-49-26-31-18-11-10-17-30(31)24-36(49)42(54)48-43(2,3)4)34(23-28-14-8-7-9-15-28)46-41(53)35(25-38(44)50)47-40(52)33-22-21-29-16-12-13-19-32(29)45-33/h7-9,12-16,19,21-22,30-31,34-37H,5-6,10-11,17-18,20,23-27H2,1-4H3,(H2,44,50)(H,46,53)(H,47,52)(H,48,54)/t30-,31+,34-,35-,36-,37+/m0/s1. The summed E-state index contributed by atoms with van der Waals surface area (Å²) in [6.07, 6.45) is 5.73. The maximum Gasteiger partial charge on any atom is 0.306 e. The molecule has 1 aliphatic carbocycles. The quantitative estimate of drug-likeness (QED) is 0.151. The number of unbranched alkanes of at least 4 members (excludes halogenated alkanes) is 1. The number of benzene rings is 2. The summed E-state index contributed by atoms with van der Waals surface area (Å²) in [5.74, 6) is -1.70. The molecule has 0 unspecified atom stereocenters. The molecule has 0 bridgehead atoms.